The lowest BCUT2D eigenvalue weighted by molar-refractivity contribution is 0.00767. The monoisotopic (exact) mass is 126 g/mol. The van der Waals surface area contributed by atoms with Gasteiger partial charge in [-0.15, -0.1) is 0 Å². The molecule has 0 spiro atoms. The highest BCUT2D eigenvalue weighted by molar-refractivity contribution is 5.01. The molecule has 0 aromatic heterocycles. The molecule has 0 amide bonds. The number of hydrogen-bond donors (Lipinski definition) is 1. The number of aliphatic hydroxyl groups is 1. The topological polar surface area (TPSA) is 20.2 Å². The van der Waals surface area contributed by atoms with E-state index in [0.29, 0.717) is 11.3 Å². The Balaban J connectivity index is 2.15. The standard InChI is InChI=1S/C8H14O/c1-8-4-2-6(8)7(9)3-5-8/h6-7,9H,2-5H2,1H3/t6-,7+,8+/m1/s1. The second-order valence-corrected chi connectivity index (χ2v) is 3.91. The summed E-state index contributed by atoms with van der Waals surface area (Å²) in [4.78, 5) is 0. The number of rotatable bonds is 0. The summed E-state index contributed by atoms with van der Waals surface area (Å²) in [6.07, 6.45) is 5.00. The predicted molar refractivity (Wildman–Crippen MR) is 36.1 cm³/mol. The predicted octanol–water partition coefficient (Wildman–Crippen LogP) is 1.56. The average Bonchev–Trinajstić information content (AvgIpc) is 1.93. The van der Waals surface area contributed by atoms with Crippen LogP contribution in [0.2, 0.25) is 0 Å². The van der Waals surface area contributed by atoms with E-state index >= 15 is 0 Å². The van der Waals surface area contributed by atoms with Crippen LogP contribution in [-0.2, 0) is 0 Å². The van der Waals surface area contributed by atoms with Crippen molar-refractivity contribution in [3.63, 3.8) is 0 Å². The number of fused-ring (bicyclic) bond motifs is 1. The van der Waals surface area contributed by atoms with Crippen LogP contribution >= 0.6 is 0 Å². The van der Waals surface area contributed by atoms with Crippen LogP contribution in [0.25, 0.3) is 0 Å². The summed E-state index contributed by atoms with van der Waals surface area (Å²) >= 11 is 0. The maximum absolute atomic E-state index is 9.38. The van der Waals surface area contributed by atoms with Crippen LogP contribution in [0.15, 0.2) is 0 Å². The van der Waals surface area contributed by atoms with Crippen LogP contribution in [0, 0.1) is 11.3 Å². The fraction of sp³-hybridized carbons (Fsp3) is 1.00. The molecule has 2 fully saturated rings. The summed E-state index contributed by atoms with van der Waals surface area (Å²) in [6.45, 7) is 2.32. The van der Waals surface area contributed by atoms with Crippen molar-refractivity contribution in [3.8, 4) is 0 Å². The lowest BCUT2D eigenvalue weighted by atomic mass is 9.63. The van der Waals surface area contributed by atoms with E-state index in [1.54, 1.807) is 0 Å². The van der Waals surface area contributed by atoms with Crippen LogP contribution in [-0.4, -0.2) is 11.2 Å². The maximum Gasteiger partial charge on any atom is 0.0573 e. The first-order valence-electron chi connectivity index (χ1n) is 3.90. The summed E-state index contributed by atoms with van der Waals surface area (Å²) in [7, 11) is 0. The van der Waals surface area contributed by atoms with Gasteiger partial charge in [-0.3, -0.25) is 0 Å². The van der Waals surface area contributed by atoms with Crippen molar-refractivity contribution in [3.05, 3.63) is 0 Å². The van der Waals surface area contributed by atoms with E-state index in [-0.39, 0.29) is 6.10 Å². The highest BCUT2D eigenvalue weighted by Gasteiger charge is 2.50. The van der Waals surface area contributed by atoms with Crippen LogP contribution in [0.5, 0.6) is 0 Å². The van der Waals surface area contributed by atoms with Gasteiger partial charge in [0.05, 0.1) is 6.10 Å². The molecule has 52 valence electrons. The van der Waals surface area contributed by atoms with Gasteiger partial charge in [-0.2, -0.15) is 0 Å². The van der Waals surface area contributed by atoms with Gasteiger partial charge in [0.25, 0.3) is 0 Å². The lowest BCUT2D eigenvalue weighted by Crippen LogP contribution is -2.37. The van der Waals surface area contributed by atoms with Gasteiger partial charge < -0.3 is 5.11 Å². The van der Waals surface area contributed by atoms with Crippen molar-refractivity contribution in [1.82, 2.24) is 0 Å². The molecule has 1 N–H and O–H groups in total. The van der Waals surface area contributed by atoms with Crippen molar-refractivity contribution in [2.24, 2.45) is 11.3 Å². The van der Waals surface area contributed by atoms with Crippen LogP contribution in [0.3, 0.4) is 0 Å². The number of aliphatic hydroxyl groups excluding tert-OH is 1. The van der Waals surface area contributed by atoms with Crippen molar-refractivity contribution in [2.75, 3.05) is 0 Å². The highest BCUT2D eigenvalue weighted by Crippen LogP contribution is 2.56. The molecular weight excluding hydrogens is 112 g/mol. The summed E-state index contributed by atoms with van der Waals surface area (Å²) in [6, 6.07) is 0. The Morgan fingerprint density at radius 2 is 2.00 bits per heavy atom. The van der Waals surface area contributed by atoms with E-state index in [9.17, 15) is 5.11 Å². The molecule has 0 bridgehead atoms. The van der Waals surface area contributed by atoms with Gasteiger partial charge in [-0.05, 0) is 37.0 Å². The molecule has 1 heteroatoms. The Morgan fingerprint density at radius 3 is 2.22 bits per heavy atom. The quantitative estimate of drug-likeness (QED) is 0.522. The molecule has 0 saturated heterocycles. The van der Waals surface area contributed by atoms with E-state index in [1.807, 2.05) is 0 Å². The molecule has 0 aromatic rings. The molecular formula is C8H14O. The average molecular weight is 126 g/mol. The third-order valence-corrected chi connectivity index (χ3v) is 3.40. The molecule has 1 nitrogen and oxygen atoms in total. The van der Waals surface area contributed by atoms with Gasteiger partial charge in [0.2, 0.25) is 0 Å². The summed E-state index contributed by atoms with van der Waals surface area (Å²) in [5, 5.41) is 9.38. The van der Waals surface area contributed by atoms with Crippen molar-refractivity contribution in [2.45, 2.75) is 38.7 Å². The van der Waals surface area contributed by atoms with E-state index in [4.69, 9.17) is 0 Å². The van der Waals surface area contributed by atoms with Crippen LogP contribution < -0.4 is 0 Å². The molecule has 0 radical (unpaired) electrons. The first-order valence-corrected chi connectivity index (χ1v) is 3.90. The molecule has 9 heavy (non-hydrogen) atoms. The SMILES string of the molecule is C[C@@]12CC[C@@H]1[C@@H](O)CC2. The molecule has 0 aliphatic heterocycles. The molecule has 0 aromatic carbocycles. The third kappa shape index (κ3) is 0.586. The molecule has 0 heterocycles. The normalized spacial score (nSPS) is 56.7. The Labute approximate surface area is 56.1 Å². The zero-order chi connectivity index (χ0) is 6.48. The van der Waals surface area contributed by atoms with Crippen molar-refractivity contribution < 1.29 is 5.11 Å². The third-order valence-electron chi connectivity index (χ3n) is 3.40. The largest absolute Gasteiger partial charge is 0.393 e. The van der Waals surface area contributed by atoms with Crippen LogP contribution in [0.4, 0.5) is 0 Å². The van der Waals surface area contributed by atoms with Crippen molar-refractivity contribution in [1.29, 1.82) is 0 Å². The molecule has 2 aliphatic carbocycles. The van der Waals surface area contributed by atoms with E-state index in [2.05, 4.69) is 6.92 Å². The molecule has 2 rings (SSSR count). The molecule has 0 unspecified atom stereocenters. The Bertz CT molecular complexity index is 133. The minimum atomic E-state index is 0.0451. The van der Waals surface area contributed by atoms with Gasteiger partial charge in [0.15, 0.2) is 0 Å². The fourth-order valence-corrected chi connectivity index (χ4v) is 2.45. The van der Waals surface area contributed by atoms with E-state index < -0.39 is 0 Å². The molecule has 3 atom stereocenters. The summed E-state index contributed by atoms with van der Waals surface area (Å²) in [5.74, 6) is 0.664. The second-order valence-electron chi connectivity index (χ2n) is 3.91. The number of hydrogen-bond acceptors (Lipinski definition) is 1. The first kappa shape index (κ1) is 5.72. The Kier molecular flexibility index (Phi) is 0.963. The highest BCUT2D eigenvalue weighted by atomic mass is 16.3. The minimum absolute atomic E-state index is 0.0451. The molecule has 2 saturated carbocycles. The van der Waals surface area contributed by atoms with Gasteiger partial charge in [-0.25, -0.2) is 0 Å². The maximum atomic E-state index is 9.38. The second kappa shape index (κ2) is 1.51. The molecule has 2 aliphatic rings. The zero-order valence-electron chi connectivity index (χ0n) is 5.93. The smallest absolute Gasteiger partial charge is 0.0573 e. The van der Waals surface area contributed by atoms with Crippen LogP contribution in [0.1, 0.15) is 32.6 Å². The fourth-order valence-electron chi connectivity index (χ4n) is 2.45. The minimum Gasteiger partial charge on any atom is -0.393 e. The van der Waals surface area contributed by atoms with Gasteiger partial charge in [0, 0.05) is 0 Å². The Morgan fingerprint density at radius 1 is 1.33 bits per heavy atom. The van der Waals surface area contributed by atoms with Crippen molar-refractivity contribution >= 4 is 0 Å². The van der Waals surface area contributed by atoms with E-state index in [0.717, 1.165) is 6.42 Å². The van der Waals surface area contributed by atoms with Gasteiger partial charge >= 0.3 is 0 Å². The van der Waals surface area contributed by atoms with Gasteiger partial charge in [-0.1, -0.05) is 6.92 Å². The zero-order valence-corrected chi connectivity index (χ0v) is 5.93. The van der Waals surface area contributed by atoms with E-state index in [1.165, 1.54) is 19.3 Å². The first-order chi connectivity index (χ1) is 4.22. The summed E-state index contributed by atoms with van der Waals surface area (Å²) < 4.78 is 0. The lowest BCUT2D eigenvalue weighted by Gasteiger charge is -2.43. The Hall–Kier alpha value is -0.0400. The van der Waals surface area contributed by atoms with Gasteiger partial charge in [0.1, 0.15) is 0 Å². The summed E-state index contributed by atoms with van der Waals surface area (Å²) in [5.41, 5.74) is 0.555.